The van der Waals surface area contributed by atoms with Crippen LogP contribution in [0.3, 0.4) is 0 Å². The lowest BCUT2D eigenvalue weighted by Gasteiger charge is -2.29. The zero-order chi connectivity index (χ0) is 41.9. The fourth-order valence-corrected chi connectivity index (χ4v) is 9.49. The van der Waals surface area contributed by atoms with Gasteiger partial charge in [0.1, 0.15) is 0 Å². The van der Waals surface area contributed by atoms with Crippen molar-refractivity contribution in [2.75, 3.05) is 0 Å². The van der Waals surface area contributed by atoms with Crippen molar-refractivity contribution >= 4 is 49.2 Å². The van der Waals surface area contributed by atoms with Gasteiger partial charge in [0.05, 0.1) is 22.1 Å². The smallest absolute Gasteiger partial charge is 0.164 e. The van der Waals surface area contributed by atoms with E-state index in [4.69, 9.17) is 15.0 Å². The molecular weight excluding hydrogens is 767 g/mol. The zero-order valence-electron chi connectivity index (χ0n) is 34.7. The molecule has 0 radical (unpaired) electrons. The van der Waals surface area contributed by atoms with Crippen molar-refractivity contribution in [3.63, 3.8) is 0 Å². The van der Waals surface area contributed by atoms with Crippen LogP contribution in [-0.2, 0) is 5.41 Å². The van der Waals surface area contributed by atoms with Gasteiger partial charge < -0.3 is 9.13 Å². The fourth-order valence-electron chi connectivity index (χ4n) is 9.49. The summed E-state index contributed by atoms with van der Waals surface area (Å²) in [5.74, 6) is 2.02. The van der Waals surface area contributed by atoms with Crippen LogP contribution in [0.25, 0.3) is 94.5 Å². The molecule has 3 heterocycles. The Morgan fingerprint density at radius 3 is 1.57 bits per heavy atom. The van der Waals surface area contributed by atoms with Gasteiger partial charge in [-0.05, 0) is 71.6 Å². The maximum atomic E-state index is 5.00. The van der Waals surface area contributed by atoms with E-state index in [9.17, 15) is 0 Å². The molecule has 0 aliphatic heterocycles. The molecule has 8 aromatic carbocycles. The maximum Gasteiger partial charge on any atom is 0.164 e. The van der Waals surface area contributed by atoms with Gasteiger partial charge in [0, 0.05) is 55.0 Å². The van der Waals surface area contributed by atoms with Gasteiger partial charge in [-0.15, -0.1) is 0 Å². The average molecular weight is 808 g/mol. The number of aromatic nitrogens is 5. The van der Waals surface area contributed by atoms with Crippen LogP contribution >= 0.6 is 0 Å². The Morgan fingerprint density at radius 1 is 0.397 bits per heavy atom. The highest BCUT2D eigenvalue weighted by atomic mass is 15.0. The summed E-state index contributed by atoms with van der Waals surface area (Å²) >= 11 is 0. The van der Waals surface area contributed by atoms with Crippen LogP contribution in [0.4, 0.5) is 0 Å². The molecule has 0 bridgehead atoms. The molecule has 12 rings (SSSR count). The molecule has 1 atom stereocenters. The summed E-state index contributed by atoms with van der Waals surface area (Å²) in [7, 11) is 0. The Kier molecular flexibility index (Phi) is 8.61. The third-order valence-corrected chi connectivity index (χ3v) is 12.8. The lowest BCUT2D eigenvalue weighted by molar-refractivity contribution is 0.602. The lowest BCUT2D eigenvalue weighted by atomic mass is 9.75. The molecule has 0 N–H and O–H groups in total. The number of para-hydroxylation sites is 2. The van der Waals surface area contributed by atoms with Crippen molar-refractivity contribution < 1.29 is 0 Å². The largest absolute Gasteiger partial charge is 0.309 e. The molecule has 1 unspecified atom stereocenters. The van der Waals surface area contributed by atoms with E-state index in [-0.39, 0.29) is 5.41 Å². The second kappa shape index (κ2) is 14.8. The van der Waals surface area contributed by atoms with Crippen LogP contribution in [0.2, 0.25) is 0 Å². The van der Waals surface area contributed by atoms with Crippen LogP contribution in [0.1, 0.15) is 24.7 Å². The van der Waals surface area contributed by atoms with Gasteiger partial charge in [-0.2, -0.15) is 0 Å². The first-order valence-corrected chi connectivity index (χ1v) is 21.6. The second-order valence-corrected chi connectivity index (χ2v) is 16.7. The summed E-state index contributed by atoms with van der Waals surface area (Å²) in [6.45, 7) is 2.33. The Morgan fingerprint density at radius 2 is 0.921 bits per heavy atom. The van der Waals surface area contributed by atoms with Crippen LogP contribution in [-0.4, -0.2) is 24.1 Å². The molecule has 63 heavy (non-hydrogen) atoms. The predicted molar refractivity (Wildman–Crippen MR) is 260 cm³/mol. The zero-order valence-corrected chi connectivity index (χ0v) is 34.7. The third kappa shape index (κ3) is 6.28. The van der Waals surface area contributed by atoms with E-state index in [1.165, 1.54) is 60.3 Å². The first-order chi connectivity index (χ1) is 31.1. The van der Waals surface area contributed by atoms with E-state index in [2.05, 4.69) is 174 Å². The second-order valence-electron chi connectivity index (χ2n) is 16.7. The number of fused-ring (bicyclic) bond motifs is 6. The highest BCUT2D eigenvalue weighted by Gasteiger charge is 2.28. The molecule has 5 nitrogen and oxygen atoms in total. The fraction of sp³-hybridized carbons (Fsp3) is 0.0517. The van der Waals surface area contributed by atoms with Crippen molar-refractivity contribution in [3.05, 3.63) is 230 Å². The van der Waals surface area contributed by atoms with Crippen LogP contribution in [0.5, 0.6) is 0 Å². The summed E-state index contributed by atoms with van der Waals surface area (Å²) in [5, 5.41) is 4.95. The monoisotopic (exact) mass is 807 g/mol. The van der Waals surface area contributed by atoms with E-state index in [0.717, 1.165) is 34.5 Å². The third-order valence-electron chi connectivity index (χ3n) is 12.8. The molecule has 0 fully saturated rings. The molecule has 0 saturated carbocycles. The van der Waals surface area contributed by atoms with E-state index in [0.29, 0.717) is 17.5 Å². The Labute approximate surface area is 365 Å². The topological polar surface area (TPSA) is 48.5 Å². The number of hydrogen-bond donors (Lipinski definition) is 0. The molecule has 11 aromatic rings. The molecule has 1 aliphatic rings. The summed E-state index contributed by atoms with van der Waals surface area (Å²) in [6.07, 6.45) is 7.62. The lowest BCUT2D eigenvalue weighted by Crippen LogP contribution is -2.20. The first-order valence-electron chi connectivity index (χ1n) is 21.6. The molecule has 1 aliphatic carbocycles. The Bertz CT molecular complexity index is 3540. The first kappa shape index (κ1) is 36.7. The van der Waals surface area contributed by atoms with Gasteiger partial charge in [0.25, 0.3) is 0 Å². The minimum atomic E-state index is -0.230. The quantitative estimate of drug-likeness (QED) is 0.161. The predicted octanol–water partition coefficient (Wildman–Crippen LogP) is 14.4. The van der Waals surface area contributed by atoms with E-state index >= 15 is 0 Å². The SMILES string of the molecule is CC1(c2ccc3c(c2)c2ccccc2n3-c2ccc3c4ccccc4n(-c4cccc(-c5ccccc5)c4)c3c2)C=CC(c2nc(-c3ccccc3)nc(-c3ccccc3)n2)=CC1. The van der Waals surface area contributed by atoms with E-state index < -0.39 is 0 Å². The molecule has 0 amide bonds. The maximum absolute atomic E-state index is 5.00. The van der Waals surface area contributed by atoms with Gasteiger partial charge in [0.15, 0.2) is 17.5 Å². The Balaban J connectivity index is 0.940. The van der Waals surface area contributed by atoms with E-state index in [1.54, 1.807) is 0 Å². The minimum absolute atomic E-state index is 0.230. The van der Waals surface area contributed by atoms with Gasteiger partial charge in [-0.3, -0.25) is 0 Å². The minimum Gasteiger partial charge on any atom is -0.309 e. The number of rotatable bonds is 7. The van der Waals surface area contributed by atoms with Gasteiger partial charge >= 0.3 is 0 Å². The summed E-state index contributed by atoms with van der Waals surface area (Å²) < 4.78 is 4.86. The van der Waals surface area contributed by atoms with Crippen LogP contribution in [0.15, 0.2) is 218 Å². The normalized spacial score (nSPS) is 15.1. The van der Waals surface area contributed by atoms with Gasteiger partial charge in [-0.1, -0.05) is 177 Å². The molecule has 0 spiro atoms. The van der Waals surface area contributed by atoms with E-state index in [1.807, 2.05) is 60.7 Å². The van der Waals surface area contributed by atoms with Crippen molar-refractivity contribution in [2.45, 2.75) is 18.8 Å². The molecule has 3 aromatic heterocycles. The number of allylic oxidation sites excluding steroid dienone is 4. The summed E-state index contributed by atoms with van der Waals surface area (Å²) in [4.78, 5) is 14.9. The van der Waals surface area contributed by atoms with Crippen molar-refractivity contribution in [1.29, 1.82) is 0 Å². The van der Waals surface area contributed by atoms with Crippen molar-refractivity contribution in [3.8, 4) is 45.3 Å². The summed E-state index contributed by atoms with van der Waals surface area (Å²) in [5.41, 5.74) is 13.4. The molecule has 0 saturated heterocycles. The number of nitrogens with zero attached hydrogens (tertiary/aromatic N) is 5. The van der Waals surface area contributed by atoms with Crippen molar-refractivity contribution in [1.82, 2.24) is 24.1 Å². The van der Waals surface area contributed by atoms with Crippen LogP contribution in [0, 0.1) is 0 Å². The summed E-state index contributed by atoms with van der Waals surface area (Å²) in [6, 6.07) is 71.4. The van der Waals surface area contributed by atoms with Gasteiger partial charge in [0.2, 0.25) is 0 Å². The molecular formula is C58H41N5. The highest BCUT2D eigenvalue weighted by molar-refractivity contribution is 6.12. The highest BCUT2D eigenvalue weighted by Crippen LogP contribution is 2.41. The standard InChI is InChI=1S/C58H41N5/c1-58(34-32-42(33-35-58)57-60-55(40-18-7-3-8-19-40)59-56(61-57)41-20-9-4-10-21-41)44-28-31-53-50(37-44)48-25-12-14-27-52(48)62(53)46-29-30-49-47-24-11-13-26-51(47)63(54(49)38-46)45-23-15-22-43(36-45)39-16-5-2-6-17-39/h2-34,36-38H,35H2,1H3. The van der Waals surface area contributed by atoms with Gasteiger partial charge in [-0.25, -0.2) is 15.0 Å². The molecule has 5 heteroatoms. The average Bonchev–Trinajstić information content (AvgIpc) is 3.87. The van der Waals surface area contributed by atoms with Crippen LogP contribution < -0.4 is 0 Å². The Hall–Kier alpha value is -8.15. The number of hydrogen-bond acceptors (Lipinski definition) is 3. The van der Waals surface area contributed by atoms with Crippen molar-refractivity contribution in [2.24, 2.45) is 0 Å². The molecule has 298 valence electrons. The number of benzene rings is 8.